The van der Waals surface area contributed by atoms with Crippen LogP contribution in [0, 0.1) is 29.1 Å². The number of carbonyl (C=O) groups is 2. The molecule has 176 valence electrons. The van der Waals surface area contributed by atoms with Gasteiger partial charge in [-0.2, -0.15) is 0 Å². The third-order valence-corrected chi connectivity index (χ3v) is 6.62. The molecule has 3 rings (SSSR count). The van der Waals surface area contributed by atoms with Crippen LogP contribution in [0.2, 0.25) is 0 Å². The standard InChI is InChI=1S/C26H32N2O4S/c1-18-8-10-19(11-9-18)24(29)28(15-16-32-22-7-5-6-14-27-22)21-17-20(12-13-26(2,3)4)33-23(21)25(30)31/h5-7,14,17-19H,8-11,15-16H2,1-4H3,(H,30,31). The zero-order valence-electron chi connectivity index (χ0n) is 19.8. The summed E-state index contributed by atoms with van der Waals surface area (Å²) in [7, 11) is 0. The van der Waals surface area contributed by atoms with Crippen molar-refractivity contribution in [2.45, 2.75) is 53.4 Å². The number of hydrogen-bond acceptors (Lipinski definition) is 5. The van der Waals surface area contributed by atoms with Crippen LogP contribution in [0.25, 0.3) is 0 Å². The molecule has 0 radical (unpaired) electrons. The van der Waals surface area contributed by atoms with Gasteiger partial charge in [0.25, 0.3) is 0 Å². The molecule has 0 bridgehead atoms. The second-order valence-corrected chi connectivity index (χ2v) is 10.6. The van der Waals surface area contributed by atoms with Crippen molar-refractivity contribution in [3.05, 3.63) is 40.2 Å². The Kier molecular flexibility index (Phi) is 8.15. The van der Waals surface area contributed by atoms with E-state index in [0.717, 1.165) is 37.0 Å². The minimum absolute atomic E-state index is 0.0397. The summed E-state index contributed by atoms with van der Waals surface area (Å²) in [5.74, 6) is 6.12. The van der Waals surface area contributed by atoms with Crippen LogP contribution in [0.15, 0.2) is 30.5 Å². The molecule has 0 aromatic carbocycles. The van der Waals surface area contributed by atoms with Crippen molar-refractivity contribution in [2.24, 2.45) is 17.3 Å². The van der Waals surface area contributed by atoms with E-state index in [1.807, 2.05) is 26.8 Å². The van der Waals surface area contributed by atoms with Crippen molar-refractivity contribution in [3.8, 4) is 17.7 Å². The number of thiophene rings is 1. The summed E-state index contributed by atoms with van der Waals surface area (Å²) >= 11 is 1.11. The molecule has 1 fully saturated rings. The number of pyridine rings is 1. The first-order chi connectivity index (χ1) is 15.6. The summed E-state index contributed by atoms with van der Waals surface area (Å²) in [6.45, 7) is 8.67. The Morgan fingerprint density at radius 3 is 2.58 bits per heavy atom. The number of anilines is 1. The van der Waals surface area contributed by atoms with E-state index in [1.165, 1.54) is 0 Å². The fourth-order valence-corrected chi connectivity index (χ4v) is 4.65. The molecule has 0 atom stereocenters. The quantitative estimate of drug-likeness (QED) is 0.545. The second kappa shape index (κ2) is 10.8. The average molecular weight is 469 g/mol. The first kappa shape index (κ1) is 24.8. The average Bonchev–Trinajstić information content (AvgIpc) is 3.20. The lowest BCUT2D eigenvalue weighted by atomic mass is 9.82. The minimum Gasteiger partial charge on any atom is -0.477 e. The molecule has 7 heteroatoms. The summed E-state index contributed by atoms with van der Waals surface area (Å²) in [6, 6.07) is 7.12. The fraction of sp³-hybridized carbons (Fsp3) is 0.500. The van der Waals surface area contributed by atoms with Crippen LogP contribution in [0.4, 0.5) is 5.69 Å². The predicted molar refractivity (Wildman–Crippen MR) is 131 cm³/mol. The van der Waals surface area contributed by atoms with Gasteiger partial charge in [-0.25, -0.2) is 9.78 Å². The van der Waals surface area contributed by atoms with Crippen LogP contribution in [0.3, 0.4) is 0 Å². The number of amides is 1. The number of carbonyl (C=O) groups excluding carboxylic acids is 1. The third-order valence-electron chi connectivity index (χ3n) is 5.59. The normalized spacial score (nSPS) is 18.2. The van der Waals surface area contributed by atoms with Crippen LogP contribution in [0.5, 0.6) is 5.88 Å². The predicted octanol–water partition coefficient (Wildman–Crippen LogP) is 5.48. The number of carboxylic acids is 1. The van der Waals surface area contributed by atoms with Gasteiger partial charge in [-0.15, -0.1) is 11.3 Å². The van der Waals surface area contributed by atoms with E-state index in [0.29, 0.717) is 22.4 Å². The van der Waals surface area contributed by atoms with Gasteiger partial charge in [0.15, 0.2) is 0 Å². The maximum Gasteiger partial charge on any atom is 0.348 e. The Balaban J connectivity index is 1.89. The van der Waals surface area contributed by atoms with Crippen LogP contribution in [-0.2, 0) is 4.79 Å². The van der Waals surface area contributed by atoms with Crippen LogP contribution in [0.1, 0.15) is 67.9 Å². The summed E-state index contributed by atoms with van der Waals surface area (Å²) in [4.78, 5) is 32.1. The summed E-state index contributed by atoms with van der Waals surface area (Å²) < 4.78 is 5.73. The highest BCUT2D eigenvalue weighted by Gasteiger charge is 2.32. The lowest BCUT2D eigenvalue weighted by Crippen LogP contribution is -2.40. The van der Waals surface area contributed by atoms with Crippen molar-refractivity contribution in [1.29, 1.82) is 0 Å². The Labute approximate surface area is 200 Å². The SMILES string of the molecule is CC1CCC(C(=O)N(CCOc2ccccn2)c2cc(C#CC(C)(C)C)sc2C(=O)O)CC1. The number of aromatic nitrogens is 1. The summed E-state index contributed by atoms with van der Waals surface area (Å²) in [5.41, 5.74) is 0.192. The van der Waals surface area contributed by atoms with Crippen molar-refractivity contribution in [3.63, 3.8) is 0 Å². The van der Waals surface area contributed by atoms with Gasteiger partial charge in [0.2, 0.25) is 11.8 Å². The summed E-state index contributed by atoms with van der Waals surface area (Å²) in [5, 5.41) is 9.87. The molecule has 1 aliphatic carbocycles. The third kappa shape index (κ3) is 7.06. The fourth-order valence-electron chi connectivity index (χ4n) is 3.80. The van der Waals surface area contributed by atoms with Crippen molar-refractivity contribution in [1.82, 2.24) is 4.98 Å². The van der Waals surface area contributed by atoms with Gasteiger partial charge < -0.3 is 14.7 Å². The molecular weight excluding hydrogens is 436 g/mol. The Morgan fingerprint density at radius 1 is 1.24 bits per heavy atom. The van der Waals surface area contributed by atoms with Gasteiger partial charge in [-0.3, -0.25) is 4.79 Å². The molecule has 0 saturated heterocycles. The van der Waals surface area contributed by atoms with E-state index in [2.05, 4.69) is 23.7 Å². The maximum atomic E-state index is 13.6. The molecule has 2 aromatic heterocycles. The Bertz CT molecular complexity index is 1020. The lowest BCUT2D eigenvalue weighted by Gasteiger charge is -2.31. The molecule has 33 heavy (non-hydrogen) atoms. The number of carboxylic acid groups (broad SMARTS) is 1. The molecule has 2 heterocycles. The molecule has 0 aliphatic heterocycles. The molecule has 0 spiro atoms. The Morgan fingerprint density at radius 2 is 1.97 bits per heavy atom. The van der Waals surface area contributed by atoms with Crippen LogP contribution in [-0.4, -0.2) is 35.1 Å². The number of ether oxygens (including phenoxy) is 1. The molecule has 1 aliphatic rings. The monoisotopic (exact) mass is 468 g/mol. The molecular formula is C26H32N2O4S. The molecule has 1 N–H and O–H groups in total. The van der Waals surface area contributed by atoms with Crippen LogP contribution < -0.4 is 9.64 Å². The van der Waals surface area contributed by atoms with E-state index in [4.69, 9.17) is 4.74 Å². The van der Waals surface area contributed by atoms with Gasteiger partial charge in [-0.05, 0) is 64.5 Å². The highest BCUT2D eigenvalue weighted by molar-refractivity contribution is 7.15. The van der Waals surface area contributed by atoms with Gasteiger partial charge in [0.1, 0.15) is 11.5 Å². The topological polar surface area (TPSA) is 79.7 Å². The molecule has 1 amide bonds. The number of hydrogen-bond donors (Lipinski definition) is 1. The highest BCUT2D eigenvalue weighted by atomic mass is 32.1. The number of aromatic carboxylic acids is 1. The molecule has 2 aromatic rings. The molecule has 6 nitrogen and oxygen atoms in total. The van der Waals surface area contributed by atoms with E-state index < -0.39 is 5.97 Å². The van der Waals surface area contributed by atoms with Crippen molar-refractivity contribution >= 4 is 28.9 Å². The highest BCUT2D eigenvalue weighted by Crippen LogP contribution is 2.35. The zero-order chi connectivity index (χ0) is 24.0. The number of rotatable bonds is 7. The lowest BCUT2D eigenvalue weighted by molar-refractivity contribution is -0.123. The smallest absolute Gasteiger partial charge is 0.348 e. The minimum atomic E-state index is -1.06. The largest absolute Gasteiger partial charge is 0.477 e. The van der Waals surface area contributed by atoms with E-state index in [-0.39, 0.29) is 35.3 Å². The van der Waals surface area contributed by atoms with E-state index >= 15 is 0 Å². The summed E-state index contributed by atoms with van der Waals surface area (Å²) in [6.07, 6.45) is 5.30. The first-order valence-electron chi connectivity index (χ1n) is 11.4. The van der Waals surface area contributed by atoms with E-state index in [1.54, 1.807) is 29.3 Å². The van der Waals surface area contributed by atoms with Crippen LogP contribution >= 0.6 is 11.3 Å². The Hall–Kier alpha value is -2.85. The molecule has 0 unspecified atom stereocenters. The molecule has 1 saturated carbocycles. The maximum absolute atomic E-state index is 13.6. The van der Waals surface area contributed by atoms with E-state index in [9.17, 15) is 14.7 Å². The number of nitrogens with zero attached hydrogens (tertiary/aromatic N) is 2. The van der Waals surface area contributed by atoms with Crippen molar-refractivity contribution < 1.29 is 19.4 Å². The second-order valence-electron chi connectivity index (χ2n) is 9.59. The van der Waals surface area contributed by atoms with Gasteiger partial charge in [-0.1, -0.05) is 24.8 Å². The first-order valence-corrected chi connectivity index (χ1v) is 12.2. The van der Waals surface area contributed by atoms with Gasteiger partial charge in [0.05, 0.1) is 17.1 Å². The van der Waals surface area contributed by atoms with Gasteiger partial charge in [0, 0.05) is 23.6 Å². The van der Waals surface area contributed by atoms with Crippen molar-refractivity contribution in [2.75, 3.05) is 18.1 Å². The van der Waals surface area contributed by atoms with Gasteiger partial charge >= 0.3 is 5.97 Å². The zero-order valence-corrected chi connectivity index (χ0v) is 20.6.